The number of nitrogen functional groups attached to an aromatic ring is 1. The van der Waals surface area contributed by atoms with Crippen molar-refractivity contribution in [3.63, 3.8) is 0 Å². The average molecular weight is 477 g/mol. The van der Waals surface area contributed by atoms with Gasteiger partial charge in [0.2, 0.25) is 0 Å². The van der Waals surface area contributed by atoms with Gasteiger partial charge >= 0.3 is 0 Å². The highest BCUT2D eigenvalue weighted by Crippen LogP contribution is 2.19. The van der Waals surface area contributed by atoms with Crippen LogP contribution < -0.4 is 10.6 Å². The van der Waals surface area contributed by atoms with Crippen molar-refractivity contribution in [3.05, 3.63) is 90.0 Å². The van der Waals surface area contributed by atoms with Crippen molar-refractivity contribution in [1.29, 1.82) is 0 Å². The number of rotatable bonds is 7. The second kappa shape index (κ2) is 11.1. The fourth-order valence-corrected chi connectivity index (χ4v) is 3.95. The molecule has 0 atom stereocenters. The third-order valence-corrected chi connectivity index (χ3v) is 6.34. The molecule has 0 saturated carbocycles. The van der Waals surface area contributed by atoms with Crippen molar-refractivity contribution in [2.75, 3.05) is 29.2 Å². The molecule has 3 aromatic carbocycles. The van der Waals surface area contributed by atoms with Gasteiger partial charge in [-0.1, -0.05) is 42.5 Å². The topological polar surface area (TPSA) is 118 Å². The molecule has 3 N–H and O–H groups in total. The number of hydrogen-bond acceptors (Lipinski definition) is 6. The monoisotopic (exact) mass is 476 g/mol. The Labute approximate surface area is 190 Å². The molecule has 0 aliphatic heterocycles. The molecular weight excluding hydrogens is 448 g/mol. The molecule has 0 bridgehead atoms. The summed E-state index contributed by atoms with van der Waals surface area (Å²) in [4.78, 5) is 2.25. The quantitative estimate of drug-likeness (QED) is 0.395. The molecule has 9 heteroatoms. The highest BCUT2D eigenvalue weighted by atomic mass is 32.2. The van der Waals surface area contributed by atoms with Gasteiger partial charge in [-0.25, -0.2) is 8.42 Å². The molecule has 0 fully saturated rings. The molecule has 0 radical (unpaired) electrons. The Kier molecular flexibility index (Phi) is 8.82. The van der Waals surface area contributed by atoms with Crippen LogP contribution >= 0.6 is 0 Å². The maximum absolute atomic E-state index is 11.0. The second-order valence-corrected chi connectivity index (χ2v) is 11.0. The lowest BCUT2D eigenvalue weighted by molar-refractivity contribution is 0.482. The summed E-state index contributed by atoms with van der Waals surface area (Å²) in [5.41, 5.74) is 9.09. The van der Waals surface area contributed by atoms with Gasteiger partial charge in [0, 0.05) is 30.7 Å². The Bertz CT molecular complexity index is 1210. The van der Waals surface area contributed by atoms with E-state index in [0.717, 1.165) is 16.8 Å². The standard InChI is InChI=1S/C16H19NO3S.C7H9NO2S/c1-14-6-5-9-16(12-14)17(10-11-21(18,19)20)13-15-7-3-2-4-8-15;1-11(9,10)7-4-2-6(8)3-5-7/h2-9,12H,10-11,13H2,1H3,(H,18,19,20);2-5H,8H2,1H3. The van der Waals surface area contributed by atoms with E-state index in [0.29, 0.717) is 17.1 Å². The summed E-state index contributed by atoms with van der Waals surface area (Å²) < 4.78 is 52.8. The van der Waals surface area contributed by atoms with Gasteiger partial charge < -0.3 is 10.6 Å². The fourth-order valence-electron chi connectivity index (χ4n) is 2.87. The van der Waals surface area contributed by atoms with E-state index in [9.17, 15) is 16.8 Å². The van der Waals surface area contributed by atoms with E-state index < -0.39 is 20.0 Å². The van der Waals surface area contributed by atoms with Crippen molar-refractivity contribution in [3.8, 4) is 0 Å². The molecular formula is C23H28N2O5S2. The first-order chi connectivity index (χ1) is 14.9. The summed E-state index contributed by atoms with van der Waals surface area (Å²) in [5, 5.41) is 0. The molecule has 0 amide bonds. The van der Waals surface area contributed by atoms with Gasteiger partial charge in [-0.2, -0.15) is 8.42 Å². The molecule has 0 aliphatic rings. The molecule has 3 rings (SSSR count). The zero-order chi connectivity index (χ0) is 23.8. The lowest BCUT2D eigenvalue weighted by Crippen LogP contribution is -2.28. The summed E-state index contributed by atoms with van der Waals surface area (Å²) in [6.07, 6.45) is 1.17. The normalized spacial score (nSPS) is 11.3. The van der Waals surface area contributed by atoms with Gasteiger partial charge in [0.15, 0.2) is 9.84 Å². The maximum atomic E-state index is 11.0. The lowest BCUT2D eigenvalue weighted by Gasteiger charge is -2.25. The van der Waals surface area contributed by atoms with Crippen LogP contribution in [0.25, 0.3) is 0 Å². The molecule has 3 aromatic rings. The Morgan fingerprint density at radius 1 is 0.875 bits per heavy atom. The van der Waals surface area contributed by atoms with Crippen molar-refractivity contribution in [2.24, 2.45) is 0 Å². The molecule has 0 unspecified atom stereocenters. The molecule has 172 valence electrons. The molecule has 0 saturated heterocycles. The molecule has 0 heterocycles. The zero-order valence-corrected chi connectivity index (χ0v) is 19.7. The van der Waals surface area contributed by atoms with Crippen LogP contribution in [0, 0.1) is 6.92 Å². The maximum Gasteiger partial charge on any atom is 0.266 e. The number of benzene rings is 3. The molecule has 7 nitrogen and oxygen atoms in total. The number of nitrogens with zero attached hydrogens (tertiary/aromatic N) is 1. The van der Waals surface area contributed by atoms with E-state index >= 15 is 0 Å². The van der Waals surface area contributed by atoms with Crippen LogP contribution in [0.1, 0.15) is 11.1 Å². The smallest absolute Gasteiger partial charge is 0.266 e. The first-order valence-electron chi connectivity index (χ1n) is 9.80. The molecule has 0 spiro atoms. The minimum atomic E-state index is -3.97. The summed E-state index contributed by atoms with van der Waals surface area (Å²) >= 11 is 0. The largest absolute Gasteiger partial charge is 0.399 e. The van der Waals surface area contributed by atoms with Gasteiger partial charge in [0.1, 0.15) is 0 Å². The second-order valence-electron chi connectivity index (χ2n) is 7.37. The average Bonchev–Trinajstić information content (AvgIpc) is 2.71. The summed E-state index contributed by atoms with van der Waals surface area (Å²) in [6.45, 7) is 2.84. The van der Waals surface area contributed by atoms with Crippen molar-refractivity contribution < 1.29 is 21.4 Å². The number of anilines is 2. The van der Waals surface area contributed by atoms with Crippen molar-refractivity contribution in [1.82, 2.24) is 0 Å². The zero-order valence-electron chi connectivity index (χ0n) is 18.0. The Hall–Kier alpha value is -2.88. The van der Waals surface area contributed by atoms with E-state index in [4.69, 9.17) is 10.3 Å². The third-order valence-electron chi connectivity index (χ3n) is 4.51. The van der Waals surface area contributed by atoms with Crippen LogP contribution in [0.4, 0.5) is 11.4 Å². The van der Waals surface area contributed by atoms with Crippen LogP contribution in [0.2, 0.25) is 0 Å². The van der Waals surface area contributed by atoms with Crippen LogP contribution in [-0.4, -0.2) is 39.9 Å². The number of nitrogens with two attached hydrogens (primary N) is 1. The SMILES string of the molecule is CS(=O)(=O)c1ccc(N)cc1.Cc1cccc(N(CCS(=O)(=O)O)Cc2ccccc2)c1. The van der Waals surface area contributed by atoms with Crippen molar-refractivity contribution in [2.45, 2.75) is 18.4 Å². The predicted octanol–water partition coefficient (Wildman–Crippen LogP) is 3.56. The van der Waals surface area contributed by atoms with E-state index in [-0.39, 0.29) is 12.3 Å². The van der Waals surface area contributed by atoms with Gasteiger partial charge in [-0.15, -0.1) is 0 Å². The van der Waals surface area contributed by atoms with Gasteiger partial charge in [-0.3, -0.25) is 4.55 Å². The van der Waals surface area contributed by atoms with Crippen molar-refractivity contribution >= 4 is 31.3 Å². The summed E-state index contributed by atoms with van der Waals surface area (Å²) in [7, 11) is -7.05. The minimum Gasteiger partial charge on any atom is -0.399 e. The van der Waals surface area contributed by atoms with Gasteiger partial charge in [0.05, 0.1) is 10.6 Å². The van der Waals surface area contributed by atoms with E-state index in [2.05, 4.69) is 0 Å². The number of aryl methyl sites for hydroxylation is 1. The van der Waals surface area contributed by atoms with Gasteiger partial charge in [-0.05, 0) is 54.4 Å². The lowest BCUT2D eigenvalue weighted by atomic mass is 10.1. The molecule has 0 aliphatic carbocycles. The van der Waals surface area contributed by atoms with E-state index in [1.165, 1.54) is 18.4 Å². The number of sulfone groups is 1. The fraction of sp³-hybridized carbons (Fsp3) is 0.217. The van der Waals surface area contributed by atoms with Crippen LogP contribution in [-0.2, 0) is 26.5 Å². The van der Waals surface area contributed by atoms with Crippen LogP contribution in [0.3, 0.4) is 0 Å². The predicted molar refractivity (Wildman–Crippen MR) is 129 cm³/mol. The Morgan fingerprint density at radius 3 is 2.03 bits per heavy atom. The van der Waals surface area contributed by atoms with Crippen LogP contribution in [0.15, 0.2) is 83.8 Å². The highest BCUT2D eigenvalue weighted by molar-refractivity contribution is 7.90. The summed E-state index contributed by atoms with van der Waals surface area (Å²) in [6, 6.07) is 23.8. The molecule has 0 aromatic heterocycles. The molecule has 32 heavy (non-hydrogen) atoms. The third kappa shape index (κ3) is 9.09. The minimum absolute atomic E-state index is 0.247. The summed E-state index contributed by atoms with van der Waals surface area (Å²) in [5.74, 6) is -0.284. The number of hydrogen-bond donors (Lipinski definition) is 2. The Balaban J connectivity index is 0.000000278. The van der Waals surface area contributed by atoms with Gasteiger partial charge in [0.25, 0.3) is 10.1 Å². The highest BCUT2D eigenvalue weighted by Gasteiger charge is 2.12. The van der Waals surface area contributed by atoms with Crippen LogP contribution in [0.5, 0.6) is 0 Å². The first-order valence-corrected chi connectivity index (χ1v) is 13.3. The van der Waals surface area contributed by atoms with E-state index in [1.807, 2.05) is 66.4 Å². The first kappa shape index (κ1) is 25.4. The van der Waals surface area contributed by atoms with E-state index in [1.54, 1.807) is 12.1 Å². The Morgan fingerprint density at radius 2 is 1.50 bits per heavy atom.